The van der Waals surface area contributed by atoms with Gasteiger partial charge in [-0.25, -0.2) is 0 Å². The fourth-order valence-corrected chi connectivity index (χ4v) is 1.85. The second-order valence-electron chi connectivity index (χ2n) is 5.16. The van der Waals surface area contributed by atoms with Gasteiger partial charge in [-0.15, -0.1) is 0 Å². The quantitative estimate of drug-likeness (QED) is 0.855. The van der Waals surface area contributed by atoms with Gasteiger partial charge in [-0.05, 0) is 31.8 Å². The Morgan fingerprint density at radius 2 is 2.05 bits per heavy atom. The maximum atomic E-state index is 11.7. The Morgan fingerprint density at radius 3 is 2.58 bits per heavy atom. The number of nitrogens with zero attached hydrogens (tertiary/aromatic N) is 1. The average molecular weight is 264 g/mol. The van der Waals surface area contributed by atoms with Crippen LogP contribution in [0.1, 0.15) is 25.5 Å². The van der Waals surface area contributed by atoms with Crippen LogP contribution in [0, 0.1) is 5.92 Å². The van der Waals surface area contributed by atoms with Crippen molar-refractivity contribution in [1.29, 1.82) is 0 Å². The summed E-state index contributed by atoms with van der Waals surface area (Å²) in [6, 6.07) is 8.08. The first kappa shape index (κ1) is 15.5. The normalized spacial score (nSPS) is 12.6. The molecule has 1 N–H and O–H groups in total. The number of likely N-dealkylation sites (N-methyl/N-ethyl adjacent to an activating group) is 1. The second-order valence-corrected chi connectivity index (χ2v) is 5.16. The van der Waals surface area contributed by atoms with Crippen molar-refractivity contribution in [3.8, 4) is 5.75 Å². The minimum Gasteiger partial charge on any atom is -0.497 e. The predicted molar refractivity (Wildman–Crippen MR) is 77.3 cm³/mol. The van der Waals surface area contributed by atoms with Gasteiger partial charge in [0.05, 0.1) is 13.2 Å². The van der Waals surface area contributed by atoms with Crippen molar-refractivity contribution in [3.63, 3.8) is 0 Å². The van der Waals surface area contributed by atoms with E-state index in [1.54, 1.807) is 7.11 Å². The molecule has 1 aromatic rings. The second kappa shape index (κ2) is 7.14. The first-order valence-electron chi connectivity index (χ1n) is 6.53. The van der Waals surface area contributed by atoms with Crippen LogP contribution >= 0.6 is 0 Å². The van der Waals surface area contributed by atoms with Crippen LogP contribution < -0.4 is 10.1 Å². The number of amides is 1. The van der Waals surface area contributed by atoms with Crippen molar-refractivity contribution >= 4 is 5.91 Å². The molecule has 0 aliphatic heterocycles. The fraction of sp³-hybridized carbons (Fsp3) is 0.533. The minimum absolute atomic E-state index is 0.00752. The molecule has 4 heteroatoms. The fourth-order valence-electron chi connectivity index (χ4n) is 1.85. The van der Waals surface area contributed by atoms with E-state index in [-0.39, 0.29) is 17.9 Å². The van der Waals surface area contributed by atoms with Crippen LogP contribution in [0.5, 0.6) is 5.75 Å². The molecule has 0 heterocycles. The molecule has 1 unspecified atom stereocenters. The maximum Gasteiger partial charge on any atom is 0.222 e. The summed E-state index contributed by atoms with van der Waals surface area (Å²) >= 11 is 0. The van der Waals surface area contributed by atoms with Crippen molar-refractivity contribution in [2.75, 3.05) is 27.7 Å². The topological polar surface area (TPSA) is 41.6 Å². The largest absolute Gasteiger partial charge is 0.497 e. The van der Waals surface area contributed by atoms with Gasteiger partial charge in [0.25, 0.3) is 0 Å². The van der Waals surface area contributed by atoms with E-state index in [9.17, 15) is 4.79 Å². The highest BCUT2D eigenvalue weighted by Crippen LogP contribution is 2.22. The number of carbonyl (C=O) groups excluding carboxylic acids is 1. The van der Waals surface area contributed by atoms with Crippen molar-refractivity contribution in [2.24, 2.45) is 5.92 Å². The van der Waals surface area contributed by atoms with Crippen molar-refractivity contribution < 1.29 is 9.53 Å². The lowest BCUT2D eigenvalue weighted by molar-refractivity contribution is -0.124. The zero-order valence-electron chi connectivity index (χ0n) is 12.4. The summed E-state index contributed by atoms with van der Waals surface area (Å²) in [5, 5.41) is 2.98. The van der Waals surface area contributed by atoms with Crippen LogP contribution in [0.25, 0.3) is 0 Å². The van der Waals surface area contributed by atoms with Crippen LogP contribution in [0.3, 0.4) is 0 Å². The van der Waals surface area contributed by atoms with Gasteiger partial charge in [-0.3, -0.25) is 4.79 Å². The molecular formula is C15H24N2O2. The Hall–Kier alpha value is -1.55. The molecule has 0 spiro atoms. The van der Waals surface area contributed by atoms with Gasteiger partial charge >= 0.3 is 0 Å². The summed E-state index contributed by atoms with van der Waals surface area (Å²) in [6.45, 7) is 4.38. The molecule has 1 atom stereocenters. The first-order valence-corrected chi connectivity index (χ1v) is 6.53. The predicted octanol–water partition coefficient (Wildman–Crippen LogP) is 2.07. The smallest absolute Gasteiger partial charge is 0.222 e. The number of hydrogen-bond acceptors (Lipinski definition) is 3. The van der Waals surface area contributed by atoms with Crippen LogP contribution in [-0.4, -0.2) is 38.6 Å². The van der Waals surface area contributed by atoms with E-state index < -0.39 is 0 Å². The van der Waals surface area contributed by atoms with E-state index in [1.165, 1.54) is 0 Å². The van der Waals surface area contributed by atoms with Gasteiger partial charge in [0.2, 0.25) is 5.91 Å². The first-order chi connectivity index (χ1) is 8.95. The van der Waals surface area contributed by atoms with Gasteiger partial charge in [0.15, 0.2) is 0 Å². The summed E-state index contributed by atoms with van der Waals surface area (Å²) in [6.07, 6.45) is 0. The molecule has 1 amide bonds. The zero-order valence-corrected chi connectivity index (χ0v) is 12.4. The van der Waals surface area contributed by atoms with Crippen molar-refractivity contribution in [2.45, 2.75) is 19.9 Å². The van der Waals surface area contributed by atoms with Gasteiger partial charge in [0.1, 0.15) is 5.75 Å². The lowest BCUT2D eigenvalue weighted by Gasteiger charge is -2.25. The summed E-state index contributed by atoms with van der Waals surface area (Å²) in [5.74, 6) is 0.919. The monoisotopic (exact) mass is 264 g/mol. The van der Waals surface area contributed by atoms with E-state index in [2.05, 4.69) is 16.3 Å². The van der Waals surface area contributed by atoms with Crippen LogP contribution in [-0.2, 0) is 4.79 Å². The Bertz CT molecular complexity index is 416. The molecule has 1 rings (SSSR count). The number of methoxy groups -OCH3 is 1. The Labute approximate surface area is 115 Å². The molecule has 1 aromatic carbocycles. The van der Waals surface area contributed by atoms with E-state index in [1.807, 2.05) is 46.1 Å². The number of benzene rings is 1. The number of ether oxygens (including phenoxy) is 1. The molecule has 106 valence electrons. The van der Waals surface area contributed by atoms with Crippen LogP contribution in [0.2, 0.25) is 0 Å². The third kappa shape index (κ3) is 4.56. The summed E-state index contributed by atoms with van der Waals surface area (Å²) in [7, 11) is 5.67. The minimum atomic E-state index is 0.00752. The van der Waals surface area contributed by atoms with E-state index in [0.717, 1.165) is 11.3 Å². The highest BCUT2D eigenvalue weighted by molar-refractivity contribution is 5.77. The lowest BCUT2D eigenvalue weighted by Crippen LogP contribution is -2.36. The van der Waals surface area contributed by atoms with E-state index in [0.29, 0.717) is 6.54 Å². The van der Waals surface area contributed by atoms with Gasteiger partial charge < -0.3 is 15.0 Å². The summed E-state index contributed by atoms with van der Waals surface area (Å²) in [4.78, 5) is 13.8. The number of rotatable bonds is 6. The third-order valence-electron chi connectivity index (χ3n) is 3.10. The molecule has 0 saturated carbocycles. The SMILES string of the molecule is COc1cccc(C(CNC(=O)C(C)C)N(C)C)c1. The third-order valence-corrected chi connectivity index (χ3v) is 3.10. The molecule has 0 fully saturated rings. The Balaban J connectivity index is 2.79. The molecule has 0 aromatic heterocycles. The van der Waals surface area contributed by atoms with E-state index in [4.69, 9.17) is 4.74 Å². The number of hydrogen-bond donors (Lipinski definition) is 1. The van der Waals surface area contributed by atoms with Crippen molar-refractivity contribution in [3.05, 3.63) is 29.8 Å². The Morgan fingerprint density at radius 1 is 1.37 bits per heavy atom. The highest BCUT2D eigenvalue weighted by Gasteiger charge is 2.16. The molecule has 0 aliphatic carbocycles. The summed E-state index contributed by atoms with van der Waals surface area (Å²) in [5.41, 5.74) is 1.13. The highest BCUT2D eigenvalue weighted by atomic mass is 16.5. The Kier molecular flexibility index (Phi) is 5.83. The molecule has 4 nitrogen and oxygen atoms in total. The molecule has 0 aliphatic rings. The van der Waals surface area contributed by atoms with Gasteiger partial charge in [-0.2, -0.15) is 0 Å². The van der Waals surface area contributed by atoms with Crippen LogP contribution in [0.4, 0.5) is 0 Å². The molecular weight excluding hydrogens is 240 g/mol. The lowest BCUT2D eigenvalue weighted by atomic mass is 10.1. The van der Waals surface area contributed by atoms with E-state index >= 15 is 0 Å². The molecule has 0 radical (unpaired) electrons. The zero-order chi connectivity index (χ0) is 14.4. The maximum absolute atomic E-state index is 11.7. The molecule has 19 heavy (non-hydrogen) atoms. The number of carbonyl (C=O) groups is 1. The standard InChI is InChI=1S/C15H24N2O2/c1-11(2)15(18)16-10-14(17(3)4)12-7-6-8-13(9-12)19-5/h6-9,11,14H,10H2,1-5H3,(H,16,18). The summed E-state index contributed by atoms with van der Waals surface area (Å²) < 4.78 is 5.24. The molecule has 0 bridgehead atoms. The van der Waals surface area contributed by atoms with Gasteiger partial charge in [-0.1, -0.05) is 26.0 Å². The van der Waals surface area contributed by atoms with Crippen molar-refractivity contribution in [1.82, 2.24) is 10.2 Å². The molecule has 0 saturated heterocycles. The van der Waals surface area contributed by atoms with Crippen LogP contribution in [0.15, 0.2) is 24.3 Å². The average Bonchev–Trinajstić information content (AvgIpc) is 2.38. The number of nitrogens with one attached hydrogen (secondary N) is 1. The van der Waals surface area contributed by atoms with Gasteiger partial charge in [0, 0.05) is 12.5 Å².